The van der Waals surface area contributed by atoms with Gasteiger partial charge in [0, 0.05) is 22.3 Å². The summed E-state index contributed by atoms with van der Waals surface area (Å²) in [6, 6.07) is 12.7. The lowest BCUT2D eigenvalue weighted by Gasteiger charge is -2.05. The Bertz CT molecular complexity index is 936. The van der Waals surface area contributed by atoms with E-state index in [1.54, 1.807) is 24.3 Å². The summed E-state index contributed by atoms with van der Waals surface area (Å²) in [5, 5.41) is 0.546. The molecule has 0 aliphatic carbocycles. The van der Waals surface area contributed by atoms with E-state index in [0.29, 0.717) is 16.3 Å². The second-order valence-electron chi connectivity index (χ2n) is 5.37. The number of sulfonamides is 1. The summed E-state index contributed by atoms with van der Waals surface area (Å²) in [6.07, 6.45) is 3.77. The Labute approximate surface area is 156 Å². The SMILES string of the molecule is CS(=O)(=O)Nc1ccc(C(=O)COC(=O)/C=C/c2cccc(Cl)c2)cc1. The van der Waals surface area contributed by atoms with Crippen molar-refractivity contribution in [2.75, 3.05) is 17.6 Å². The molecule has 2 aromatic carbocycles. The van der Waals surface area contributed by atoms with Gasteiger partial charge in [-0.3, -0.25) is 9.52 Å². The fourth-order valence-electron chi connectivity index (χ4n) is 1.98. The number of ether oxygens (including phenoxy) is 1. The number of rotatable bonds is 7. The van der Waals surface area contributed by atoms with Crippen LogP contribution in [0, 0.1) is 0 Å². The van der Waals surface area contributed by atoms with E-state index >= 15 is 0 Å². The molecule has 0 saturated heterocycles. The maximum absolute atomic E-state index is 12.0. The summed E-state index contributed by atoms with van der Waals surface area (Å²) in [6.45, 7) is -0.419. The van der Waals surface area contributed by atoms with Crippen LogP contribution in [0.2, 0.25) is 5.02 Å². The minimum absolute atomic E-state index is 0.302. The maximum Gasteiger partial charge on any atom is 0.331 e. The Morgan fingerprint density at radius 1 is 1.15 bits per heavy atom. The van der Waals surface area contributed by atoms with Gasteiger partial charge in [-0.2, -0.15) is 0 Å². The van der Waals surface area contributed by atoms with Crippen molar-refractivity contribution in [3.05, 3.63) is 70.8 Å². The van der Waals surface area contributed by atoms with Crippen molar-refractivity contribution in [3.63, 3.8) is 0 Å². The van der Waals surface area contributed by atoms with E-state index in [9.17, 15) is 18.0 Å². The number of ketones is 1. The Kier molecular flexibility index (Phi) is 6.54. The molecule has 0 amide bonds. The molecule has 0 aromatic heterocycles. The molecule has 0 unspecified atom stereocenters. The number of esters is 1. The molecular formula is C18H16ClNO5S. The number of Topliss-reactive ketones (excluding diaryl/α,β-unsaturated/α-hetero) is 1. The van der Waals surface area contributed by atoms with E-state index in [1.807, 2.05) is 0 Å². The summed E-state index contributed by atoms with van der Waals surface area (Å²) in [7, 11) is -3.38. The lowest BCUT2D eigenvalue weighted by molar-refractivity contribution is -0.136. The predicted octanol–water partition coefficient (Wildman–Crippen LogP) is 3.15. The van der Waals surface area contributed by atoms with Gasteiger partial charge in [0.2, 0.25) is 10.0 Å². The molecule has 0 fully saturated rings. The molecule has 0 aliphatic rings. The molecule has 0 heterocycles. The zero-order valence-corrected chi connectivity index (χ0v) is 15.4. The minimum Gasteiger partial charge on any atom is -0.454 e. The first-order valence-electron chi connectivity index (χ1n) is 7.44. The van der Waals surface area contributed by atoms with Gasteiger partial charge in [0.25, 0.3) is 0 Å². The van der Waals surface area contributed by atoms with Crippen molar-refractivity contribution in [2.24, 2.45) is 0 Å². The van der Waals surface area contributed by atoms with E-state index in [-0.39, 0.29) is 0 Å². The molecule has 0 saturated carbocycles. The summed E-state index contributed by atoms with van der Waals surface area (Å²) < 4.78 is 29.5. The van der Waals surface area contributed by atoms with Crippen LogP contribution in [-0.4, -0.2) is 33.0 Å². The van der Waals surface area contributed by atoms with Crippen LogP contribution in [0.15, 0.2) is 54.6 Å². The third-order valence-corrected chi connectivity index (χ3v) is 3.96. The van der Waals surface area contributed by atoms with Gasteiger partial charge in [0.05, 0.1) is 6.26 Å². The molecule has 0 radical (unpaired) electrons. The molecule has 136 valence electrons. The van der Waals surface area contributed by atoms with Gasteiger partial charge in [0.15, 0.2) is 12.4 Å². The van der Waals surface area contributed by atoms with Crippen LogP contribution in [0.25, 0.3) is 6.08 Å². The highest BCUT2D eigenvalue weighted by molar-refractivity contribution is 7.92. The number of halogens is 1. The number of anilines is 1. The molecule has 6 nitrogen and oxygen atoms in total. The van der Waals surface area contributed by atoms with E-state index in [4.69, 9.17) is 16.3 Å². The average molecular weight is 394 g/mol. The fraction of sp³-hybridized carbons (Fsp3) is 0.111. The molecule has 0 bridgehead atoms. The van der Waals surface area contributed by atoms with E-state index < -0.39 is 28.4 Å². The van der Waals surface area contributed by atoms with Gasteiger partial charge in [-0.1, -0.05) is 23.7 Å². The summed E-state index contributed by atoms with van der Waals surface area (Å²) in [5.41, 5.74) is 1.37. The monoisotopic (exact) mass is 393 g/mol. The summed E-state index contributed by atoms with van der Waals surface area (Å²) in [5.74, 6) is -1.06. The fourth-order valence-corrected chi connectivity index (χ4v) is 2.74. The smallest absolute Gasteiger partial charge is 0.331 e. The van der Waals surface area contributed by atoms with E-state index in [1.165, 1.54) is 36.4 Å². The lowest BCUT2D eigenvalue weighted by Crippen LogP contribution is -2.13. The third-order valence-electron chi connectivity index (χ3n) is 3.12. The van der Waals surface area contributed by atoms with Gasteiger partial charge in [-0.15, -0.1) is 0 Å². The molecule has 1 N–H and O–H groups in total. The van der Waals surface area contributed by atoms with Gasteiger partial charge in [-0.25, -0.2) is 13.2 Å². The molecule has 0 atom stereocenters. The Morgan fingerprint density at radius 2 is 1.85 bits per heavy atom. The highest BCUT2D eigenvalue weighted by atomic mass is 35.5. The Hall–Kier alpha value is -2.64. The van der Waals surface area contributed by atoms with Crippen LogP contribution in [0.3, 0.4) is 0 Å². The van der Waals surface area contributed by atoms with Crippen molar-refractivity contribution >= 4 is 45.1 Å². The number of nitrogens with one attached hydrogen (secondary N) is 1. The zero-order chi connectivity index (χ0) is 19.2. The van der Waals surface area contributed by atoms with Crippen LogP contribution in [0.1, 0.15) is 15.9 Å². The largest absolute Gasteiger partial charge is 0.454 e. The zero-order valence-electron chi connectivity index (χ0n) is 13.8. The Morgan fingerprint density at radius 3 is 2.46 bits per heavy atom. The van der Waals surface area contributed by atoms with E-state index in [2.05, 4.69) is 4.72 Å². The quantitative estimate of drug-likeness (QED) is 0.443. The van der Waals surface area contributed by atoms with Crippen LogP contribution in [0.5, 0.6) is 0 Å². The van der Waals surface area contributed by atoms with Gasteiger partial charge in [0.1, 0.15) is 0 Å². The van der Waals surface area contributed by atoms with Crippen molar-refractivity contribution < 1.29 is 22.7 Å². The lowest BCUT2D eigenvalue weighted by atomic mass is 10.1. The van der Waals surface area contributed by atoms with Crippen LogP contribution >= 0.6 is 11.6 Å². The van der Waals surface area contributed by atoms with Gasteiger partial charge < -0.3 is 4.74 Å². The number of benzene rings is 2. The Balaban J connectivity index is 1.88. The van der Waals surface area contributed by atoms with Crippen LogP contribution in [0.4, 0.5) is 5.69 Å². The molecule has 0 aliphatic heterocycles. The van der Waals surface area contributed by atoms with Crippen molar-refractivity contribution in [2.45, 2.75) is 0 Å². The molecule has 0 spiro atoms. The first-order valence-corrected chi connectivity index (χ1v) is 9.71. The maximum atomic E-state index is 12.0. The first-order chi connectivity index (χ1) is 12.2. The van der Waals surface area contributed by atoms with Crippen molar-refractivity contribution in [1.82, 2.24) is 0 Å². The second-order valence-corrected chi connectivity index (χ2v) is 7.56. The topological polar surface area (TPSA) is 89.5 Å². The molecule has 26 heavy (non-hydrogen) atoms. The van der Waals surface area contributed by atoms with Gasteiger partial charge in [-0.05, 0) is 48.0 Å². The predicted molar refractivity (Wildman–Crippen MR) is 101 cm³/mol. The number of hydrogen-bond acceptors (Lipinski definition) is 5. The van der Waals surface area contributed by atoms with E-state index in [0.717, 1.165) is 11.8 Å². The number of carbonyl (C=O) groups is 2. The van der Waals surface area contributed by atoms with Crippen molar-refractivity contribution in [3.8, 4) is 0 Å². The van der Waals surface area contributed by atoms with Crippen molar-refractivity contribution in [1.29, 1.82) is 0 Å². The normalized spacial score (nSPS) is 11.3. The summed E-state index contributed by atoms with van der Waals surface area (Å²) in [4.78, 5) is 23.7. The first kappa shape index (κ1) is 19.7. The summed E-state index contributed by atoms with van der Waals surface area (Å²) >= 11 is 5.84. The van der Waals surface area contributed by atoms with Crippen LogP contribution in [-0.2, 0) is 19.6 Å². The third kappa shape index (κ3) is 6.70. The highest BCUT2D eigenvalue weighted by Crippen LogP contribution is 2.13. The molecular weight excluding hydrogens is 378 g/mol. The molecule has 2 aromatic rings. The molecule has 2 rings (SSSR count). The number of hydrogen-bond donors (Lipinski definition) is 1. The van der Waals surface area contributed by atoms with Gasteiger partial charge >= 0.3 is 5.97 Å². The highest BCUT2D eigenvalue weighted by Gasteiger charge is 2.09. The molecule has 8 heteroatoms. The average Bonchev–Trinajstić information content (AvgIpc) is 2.57. The minimum atomic E-state index is -3.38. The standard InChI is InChI=1S/C18H16ClNO5S/c1-26(23,24)20-16-8-6-14(7-9-16)17(21)12-25-18(22)10-5-13-3-2-4-15(19)11-13/h2-11,20H,12H2,1H3/b10-5+. The van der Waals surface area contributed by atoms with Crippen LogP contribution < -0.4 is 4.72 Å². The second kappa shape index (κ2) is 8.64. The number of carbonyl (C=O) groups excluding carboxylic acids is 2.